The van der Waals surface area contributed by atoms with Crippen molar-refractivity contribution < 1.29 is 22.3 Å². The number of benzene rings is 2. The molecule has 0 saturated heterocycles. The van der Waals surface area contributed by atoms with Gasteiger partial charge in [-0.1, -0.05) is 5.10 Å². The lowest BCUT2D eigenvalue weighted by molar-refractivity contribution is 0.320. The minimum absolute atomic E-state index is 0.0705. The predicted octanol–water partition coefficient (Wildman–Crippen LogP) is 2.89. The molecule has 11 heteroatoms. The summed E-state index contributed by atoms with van der Waals surface area (Å²) >= 11 is 2.16. The van der Waals surface area contributed by atoms with Gasteiger partial charge in [-0.3, -0.25) is 0 Å². The number of aryl methyl sites for hydroxylation is 1. The molecule has 0 saturated carbocycles. The van der Waals surface area contributed by atoms with Gasteiger partial charge in [-0.05, 0) is 65.4 Å². The number of anilines is 2. The molecule has 4 N–H and O–H groups in total. The minimum Gasteiger partial charge on any atom is -0.465 e. The molecule has 8 nitrogen and oxygen atoms in total. The normalized spacial score (nSPS) is 11.5. The number of aromatic hydroxyl groups is 1. The first-order chi connectivity index (χ1) is 12.1. The molecule has 3 rings (SSSR count). The minimum atomic E-state index is -4.32. The lowest BCUT2D eigenvalue weighted by Gasteiger charge is -2.14. The van der Waals surface area contributed by atoms with E-state index in [-0.39, 0.29) is 17.1 Å². The third kappa shape index (κ3) is 3.78. The zero-order valence-electron chi connectivity index (χ0n) is 13.2. The number of nitrogens with zero attached hydrogens (tertiary/aromatic N) is 2. The lowest BCUT2D eigenvalue weighted by Crippen LogP contribution is -2.14. The van der Waals surface area contributed by atoms with Crippen LogP contribution in [-0.4, -0.2) is 23.7 Å². The molecule has 26 heavy (non-hydrogen) atoms. The Balaban J connectivity index is 2.18. The molecule has 0 aliphatic carbocycles. The molecule has 0 radical (unpaired) electrons. The van der Waals surface area contributed by atoms with Crippen molar-refractivity contribution in [3.63, 3.8) is 0 Å². The monoisotopic (exact) mass is 490 g/mol. The molecular weight excluding hydrogens is 478 g/mol. The Morgan fingerprint density at radius 2 is 1.96 bits per heavy atom. The highest BCUT2D eigenvalue weighted by Gasteiger charge is 2.22. The summed E-state index contributed by atoms with van der Waals surface area (Å²) < 4.78 is 43.5. The molecule has 0 fully saturated rings. The molecule has 1 heterocycles. The Labute approximate surface area is 161 Å². The van der Waals surface area contributed by atoms with Crippen molar-refractivity contribution in [2.45, 2.75) is 11.8 Å². The van der Waals surface area contributed by atoms with E-state index in [4.69, 9.17) is 9.56 Å². The number of primary sulfonamides is 1. The number of nitrogens with one attached hydrogen (secondary N) is 1. The fourth-order valence-corrected chi connectivity index (χ4v) is 3.55. The zero-order valence-corrected chi connectivity index (χ0v) is 16.2. The first-order valence-electron chi connectivity index (χ1n) is 7.07. The molecule has 0 spiro atoms. The predicted molar refractivity (Wildman–Crippen MR) is 99.9 cm³/mol. The molecule has 0 aliphatic rings. The van der Waals surface area contributed by atoms with Crippen LogP contribution in [0.4, 0.5) is 15.8 Å². The van der Waals surface area contributed by atoms with E-state index in [2.05, 4.69) is 38.1 Å². The third-order valence-corrected chi connectivity index (χ3v) is 5.08. The van der Waals surface area contributed by atoms with Crippen LogP contribution in [0.2, 0.25) is 0 Å². The highest BCUT2D eigenvalue weighted by molar-refractivity contribution is 14.1. The molecule has 2 aromatic carbocycles. The van der Waals surface area contributed by atoms with E-state index in [1.54, 1.807) is 6.07 Å². The Hall–Kier alpha value is -2.25. The number of hydrogen-bond donors (Lipinski definition) is 3. The van der Waals surface area contributed by atoms with Gasteiger partial charge in [-0.2, -0.15) is 0 Å². The van der Waals surface area contributed by atoms with Crippen LogP contribution in [0.15, 0.2) is 39.6 Å². The molecule has 0 amide bonds. The van der Waals surface area contributed by atoms with E-state index in [0.717, 1.165) is 21.3 Å². The van der Waals surface area contributed by atoms with Crippen molar-refractivity contribution >= 4 is 44.0 Å². The average molecular weight is 490 g/mol. The molecule has 0 aliphatic heterocycles. The van der Waals surface area contributed by atoms with E-state index in [1.807, 2.05) is 19.1 Å². The van der Waals surface area contributed by atoms with Crippen molar-refractivity contribution in [2.24, 2.45) is 5.14 Å². The summed E-state index contributed by atoms with van der Waals surface area (Å²) in [5, 5.41) is 24.3. The standard InChI is InChI=1S/C15H12FIN4O4S/c1-7-4-8(17)2-3-11(7)19-12-6-10(16)13(26(18,23)24)5-9(12)14-20-21-15(22)25-14/h2-6,19H,1H3,(H,21,22)(H2,18,23,24). The summed E-state index contributed by atoms with van der Waals surface area (Å²) in [6.07, 6.45) is -0.710. The lowest BCUT2D eigenvalue weighted by atomic mass is 10.1. The summed E-state index contributed by atoms with van der Waals surface area (Å²) in [5.41, 5.74) is 1.79. The SMILES string of the molecule is Cc1cc(I)ccc1Nc1cc(F)c(S(N)(=O)=O)cc1-c1nnc(O)o1. The second-order valence-corrected chi connectivity index (χ2v) is 8.12. The van der Waals surface area contributed by atoms with Crippen LogP contribution in [0.1, 0.15) is 5.56 Å². The third-order valence-electron chi connectivity index (χ3n) is 3.48. The number of hydrogen-bond acceptors (Lipinski definition) is 7. The number of nitrogens with two attached hydrogens (primary N) is 1. The number of aromatic nitrogens is 2. The van der Waals surface area contributed by atoms with Crippen molar-refractivity contribution in [2.75, 3.05) is 5.32 Å². The molecule has 0 bridgehead atoms. The zero-order chi connectivity index (χ0) is 19.1. The smallest absolute Gasteiger partial charge is 0.412 e. The van der Waals surface area contributed by atoms with Gasteiger partial charge in [0.15, 0.2) is 0 Å². The highest BCUT2D eigenvalue weighted by atomic mass is 127. The fourth-order valence-electron chi connectivity index (χ4n) is 2.29. The highest BCUT2D eigenvalue weighted by Crippen LogP contribution is 2.35. The molecular formula is C15H12FIN4O4S. The first kappa shape index (κ1) is 18.5. The maximum absolute atomic E-state index is 14.3. The van der Waals surface area contributed by atoms with Crippen molar-refractivity contribution in [1.29, 1.82) is 0 Å². The maximum Gasteiger partial charge on any atom is 0.412 e. The van der Waals surface area contributed by atoms with Gasteiger partial charge in [0, 0.05) is 9.26 Å². The van der Waals surface area contributed by atoms with Crippen LogP contribution in [0.25, 0.3) is 11.5 Å². The van der Waals surface area contributed by atoms with Crippen LogP contribution in [-0.2, 0) is 10.0 Å². The van der Waals surface area contributed by atoms with Crippen LogP contribution < -0.4 is 10.5 Å². The van der Waals surface area contributed by atoms with Gasteiger partial charge >= 0.3 is 6.08 Å². The number of halogens is 2. The quantitative estimate of drug-likeness (QED) is 0.480. The Morgan fingerprint density at radius 1 is 1.23 bits per heavy atom. The first-order valence-corrected chi connectivity index (χ1v) is 9.70. The van der Waals surface area contributed by atoms with Crippen LogP contribution in [0, 0.1) is 16.3 Å². The Morgan fingerprint density at radius 3 is 2.54 bits per heavy atom. The molecule has 136 valence electrons. The van der Waals surface area contributed by atoms with Crippen molar-refractivity contribution in [3.05, 3.63) is 45.3 Å². The van der Waals surface area contributed by atoms with Gasteiger partial charge in [0.2, 0.25) is 10.0 Å². The number of rotatable bonds is 4. The second-order valence-electron chi connectivity index (χ2n) is 5.35. The molecule has 1 aromatic heterocycles. The Bertz CT molecular complexity index is 1100. The van der Waals surface area contributed by atoms with Crippen LogP contribution in [0.3, 0.4) is 0 Å². The van der Waals surface area contributed by atoms with Gasteiger partial charge in [0.1, 0.15) is 10.7 Å². The van der Waals surface area contributed by atoms with Gasteiger partial charge < -0.3 is 14.8 Å². The van der Waals surface area contributed by atoms with Crippen molar-refractivity contribution in [3.8, 4) is 17.5 Å². The van der Waals surface area contributed by atoms with E-state index >= 15 is 0 Å². The maximum atomic E-state index is 14.3. The van der Waals surface area contributed by atoms with Crippen LogP contribution >= 0.6 is 22.6 Å². The molecule has 0 atom stereocenters. The Kier molecular flexibility index (Phi) is 4.86. The second kappa shape index (κ2) is 6.81. The summed E-state index contributed by atoms with van der Waals surface area (Å²) in [6.45, 7) is 1.86. The topological polar surface area (TPSA) is 131 Å². The molecule has 3 aromatic rings. The van der Waals surface area contributed by atoms with Gasteiger partial charge in [0.25, 0.3) is 5.89 Å². The summed E-state index contributed by atoms with van der Waals surface area (Å²) in [6, 6.07) is 7.49. The average Bonchev–Trinajstić information content (AvgIpc) is 2.95. The van der Waals surface area contributed by atoms with Crippen LogP contribution in [0.5, 0.6) is 6.08 Å². The molecule has 0 unspecified atom stereocenters. The van der Waals surface area contributed by atoms with E-state index in [1.165, 1.54) is 0 Å². The summed E-state index contributed by atoms with van der Waals surface area (Å²) in [7, 11) is -4.32. The van der Waals surface area contributed by atoms with E-state index in [9.17, 15) is 17.9 Å². The summed E-state index contributed by atoms with van der Waals surface area (Å²) in [5.74, 6) is -1.23. The van der Waals surface area contributed by atoms with Gasteiger partial charge in [0.05, 0.1) is 11.3 Å². The summed E-state index contributed by atoms with van der Waals surface area (Å²) in [4.78, 5) is -0.727. The van der Waals surface area contributed by atoms with Gasteiger partial charge in [-0.25, -0.2) is 17.9 Å². The van der Waals surface area contributed by atoms with E-state index < -0.39 is 26.8 Å². The van der Waals surface area contributed by atoms with Gasteiger partial charge in [-0.15, -0.1) is 5.10 Å². The largest absolute Gasteiger partial charge is 0.465 e. The number of sulfonamides is 1. The van der Waals surface area contributed by atoms with E-state index in [0.29, 0.717) is 5.69 Å². The fraction of sp³-hybridized carbons (Fsp3) is 0.0667. The van der Waals surface area contributed by atoms with Crippen molar-refractivity contribution in [1.82, 2.24) is 10.2 Å².